The first-order valence-corrected chi connectivity index (χ1v) is 9.21. The standard InChI is InChI=1S/C12H10ClNO2S3/c13-11-5-6-12(18-11)19(15,16)14-7-8-17-10-4-2-1-3-9(10)14/h1-6H,7-8H2. The molecule has 0 N–H and O–H groups in total. The molecule has 0 radical (unpaired) electrons. The summed E-state index contributed by atoms with van der Waals surface area (Å²) in [7, 11) is -3.50. The van der Waals surface area contributed by atoms with Gasteiger partial charge in [-0.15, -0.1) is 23.1 Å². The number of hydrogen-bond acceptors (Lipinski definition) is 4. The molecule has 0 atom stereocenters. The van der Waals surface area contributed by atoms with Gasteiger partial charge in [0.1, 0.15) is 4.21 Å². The summed E-state index contributed by atoms with van der Waals surface area (Å²) in [6.45, 7) is 0.486. The van der Waals surface area contributed by atoms with Gasteiger partial charge < -0.3 is 0 Å². The number of rotatable bonds is 2. The minimum absolute atomic E-state index is 0.291. The largest absolute Gasteiger partial charge is 0.273 e. The van der Waals surface area contributed by atoms with Gasteiger partial charge in [0.15, 0.2) is 0 Å². The summed E-state index contributed by atoms with van der Waals surface area (Å²) in [5, 5.41) is 0. The van der Waals surface area contributed by atoms with E-state index in [4.69, 9.17) is 11.6 Å². The molecule has 2 heterocycles. The molecule has 1 aliphatic rings. The highest BCUT2D eigenvalue weighted by Crippen LogP contribution is 2.38. The van der Waals surface area contributed by atoms with Crippen LogP contribution in [0.25, 0.3) is 0 Å². The predicted octanol–water partition coefficient (Wildman–Crippen LogP) is 3.70. The van der Waals surface area contributed by atoms with Crippen molar-refractivity contribution in [3.05, 3.63) is 40.7 Å². The topological polar surface area (TPSA) is 37.4 Å². The van der Waals surface area contributed by atoms with E-state index in [9.17, 15) is 8.42 Å². The lowest BCUT2D eigenvalue weighted by Crippen LogP contribution is -2.34. The fourth-order valence-electron chi connectivity index (χ4n) is 1.94. The Bertz CT molecular complexity index is 711. The summed E-state index contributed by atoms with van der Waals surface area (Å²) >= 11 is 8.61. The Labute approximate surface area is 125 Å². The predicted molar refractivity (Wildman–Crippen MR) is 81.0 cm³/mol. The van der Waals surface area contributed by atoms with Gasteiger partial charge >= 0.3 is 0 Å². The average Bonchev–Trinajstić information content (AvgIpc) is 2.85. The Morgan fingerprint density at radius 2 is 1.95 bits per heavy atom. The van der Waals surface area contributed by atoms with Crippen LogP contribution in [0, 0.1) is 0 Å². The number of nitrogens with zero attached hydrogens (tertiary/aromatic N) is 1. The number of fused-ring (bicyclic) bond motifs is 1. The van der Waals surface area contributed by atoms with Crippen LogP contribution in [0.15, 0.2) is 45.5 Å². The third kappa shape index (κ3) is 2.38. The summed E-state index contributed by atoms with van der Waals surface area (Å²) in [5.74, 6) is 0.759. The van der Waals surface area contributed by atoms with Crippen LogP contribution in [0.4, 0.5) is 5.69 Å². The minimum atomic E-state index is -3.50. The van der Waals surface area contributed by atoms with Gasteiger partial charge in [0.2, 0.25) is 0 Å². The zero-order valence-electron chi connectivity index (χ0n) is 9.74. The average molecular weight is 332 g/mol. The van der Waals surface area contributed by atoms with Crippen LogP contribution in [0.2, 0.25) is 4.34 Å². The van der Waals surface area contributed by atoms with E-state index in [0.717, 1.165) is 27.7 Å². The van der Waals surface area contributed by atoms with Gasteiger partial charge in [-0.3, -0.25) is 4.31 Å². The first-order valence-electron chi connectivity index (χ1n) is 5.59. The molecule has 0 spiro atoms. The van der Waals surface area contributed by atoms with Gasteiger partial charge in [-0.2, -0.15) is 0 Å². The number of para-hydroxylation sites is 1. The Kier molecular flexibility index (Phi) is 3.51. The molecule has 1 aromatic carbocycles. The van der Waals surface area contributed by atoms with E-state index in [1.165, 1.54) is 4.31 Å². The van der Waals surface area contributed by atoms with Crippen molar-refractivity contribution in [2.45, 2.75) is 9.10 Å². The SMILES string of the molecule is O=S(=O)(c1ccc(Cl)s1)N1CCSc2ccccc21. The second-order valence-corrected chi connectivity index (χ2v) is 8.89. The zero-order chi connectivity index (χ0) is 13.5. The molecular formula is C12H10ClNO2S3. The monoisotopic (exact) mass is 331 g/mol. The molecule has 0 bridgehead atoms. The van der Waals surface area contributed by atoms with Crippen molar-refractivity contribution in [1.82, 2.24) is 0 Å². The number of thioether (sulfide) groups is 1. The van der Waals surface area contributed by atoms with Crippen molar-refractivity contribution in [3.8, 4) is 0 Å². The molecule has 1 aromatic heterocycles. The summed E-state index contributed by atoms with van der Waals surface area (Å²) in [4.78, 5) is 1.000. The molecule has 3 rings (SSSR count). The molecule has 0 saturated heterocycles. The Balaban J connectivity index is 2.08. The molecule has 100 valence electrons. The number of hydrogen-bond donors (Lipinski definition) is 0. The number of benzene rings is 1. The first-order chi connectivity index (χ1) is 9.09. The van der Waals surface area contributed by atoms with Gasteiger partial charge in [-0.05, 0) is 24.3 Å². The van der Waals surface area contributed by atoms with Gasteiger partial charge in [-0.25, -0.2) is 8.42 Å². The fourth-order valence-corrected chi connectivity index (χ4v) is 6.19. The maximum Gasteiger partial charge on any atom is 0.273 e. The minimum Gasteiger partial charge on any atom is -0.264 e. The third-order valence-electron chi connectivity index (χ3n) is 2.78. The van der Waals surface area contributed by atoms with Gasteiger partial charge in [0, 0.05) is 17.2 Å². The van der Waals surface area contributed by atoms with Crippen LogP contribution in [0.5, 0.6) is 0 Å². The Morgan fingerprint density at radius 3 is 2.68 bits per heavy atom. The van der Waals surface area contributed by atoms with E-state index in [1.807, 2.05) is 24.3 Å². The lowest BCUT2D eigenvalue weighted by atomic mass is 10.3. The Morgan fingerprint density at radius 1 is 1.16 bits per heavy atom. The molecule has 0 amide bonds. The number of anilines is 1. The normalized spacial score (nSPS) is 15.3. The van der Waals surface area contributed by atoms with Crippen LogP contribution < -0.4 is 4.31 Å². The van der Waals surface area contributed by atoms with Gasteiger partial charge in [0.05, 0.1) is 10.0 Å². The quantitative estimate of drug-likeness (QED) is 0.842. The lowest BCUT2D eigenvalue weighted by molar-refractivity contribution is 0.593. The molecule has 0 aliphatic carbocycles. The summed E-state index contributed by atoms with van der Waals surface area (Å²) in [5.41, 5.74) is 0.753. The van der Waals surface area contributed by atoms with Crippen LogP contribution in [0.1, 0.15) is 0 Å². The fraction of sp³-hybridized carbons (Fsp3) is 0.167. The summed E-state index contributed by atoms with van der Waals surface area (Å²) in [6, 6.07) is 10.7. The van der Waals surface area contributed by atoms with Gasteiger partial charge in [0.25, 0.3) is 10.0 Å². The maximum atomic E-state index is 12.6. The molecular weight excluding hydrogens is 322 g/mol. The van der Waals surface area contributed by atoms with Crippen molar-refractivity contribution in [1.29, 1.82) is 0 Å². The van der Waals surface area contributed by atoms with Crippen molar-refractivity contribution in [3.63, 3.8) is 0 Å². The molecule has 0 fully saturated rings. The van der Waals surface area contributed by atoms with Crippen molar-refractivity contribution in [2.75, 3.05) is 16.6 Å². The molecule has 1 aliphatic heterocycles. The lowest BCUT2D eigenvalue weighted by Gasteiger charge is -2.29. The number of sulfonamides is 1. The smallest absolute Gasteiger partial charge is 0.264 e. The molecule has 19 heavy (non-hydrogen) atoms. The zero-order valence-corrected chi connectivity index (χ0v) is 13.0. The van der Waals surface area contributed by atoms with Crippen LogP contribution in [-0.4, -0.2) is 20.7 Å². The first kappa shape index (κ1) is 13.3. The second kappa shape index (κ2) is 5.01. The van der Waals surface area contributed by atoms with E-state index >= 15 is 0 Å². The van der Waals surface area contributed by atoms with Crippen LogP contribution >= 0.6 is 34.7 Å². The maximum absolute atomic E-state index is 12.6. The molecule has 2 aromatic rings. The van der Waals surface area contributed by atoms with Crippen LogP contribution in [-0.2, 0) is 10.0 Å². The van der Waals surface area contributed by atoms with E-state index in [0.29, 0.717) is 15.1 Å². The van der Waals surface area contributed by atoms with Crippen molar-refractivity contribution < 1.29 is 8.42 Å². The van der Waals surface area contributed by atoms with Crippen molar-refractivity contribution in [2.24, 2.45) is 0 Å². The third-order valence-corrected chi connectivity index (χ3v) is 7.33. The number of thiophene rings is 1. The highest BCUT2D eigenvalue weighted by atomic mass is 35.5. The number of halogens is 1. The van der Waals surface area contributed by atoms with E-state index < -0.39 is 10.0 Å². The highest BCUT2D eigenvalue weighted by Gasteiger charge is 2.30. The summed E-state index contributed by atoms with van der Waals surface area (Å²) < 4.78 is 27.5. The van der Waals surface area contributed by atoms with E-state index in [1.54, 1.807) is 23.9 Å². The van der Waals surface area contributed by atoms with E-state index in [2.05, 4.69) is 0 Å². The van der Waals surface area contributed by atoms with E-state index in [-0.39, 0.29) is 0 Å². The molecule has 0 saturated carbocycles. The molecule has 0 unspecified atom stereocenters. The molecule has 3 nitrogen and oxygen atoms in total. The highest BCUT2D eigenvalue weighted by molar-refractivity contribution is 8.00. The van der Waals surface area contributed by atoms with Crippen LogP contribution in [0.3, 0.4) is 0 Å². The summed E-state index contributed by atoms with van der Waals surface area (Å²) in [6.07, 6.45) is 0. The van der Waals surface area contributed by atoms with Gasteiger partial charge in [-0.1, -0.05) is 23.7 Å². The second-order valence-electron chi connectivity index (χ2n) is 3.95. The molecule has 7 heteroatoms. The van der Waals surface area contributed by atoms with Crippen molar-refractivity contribution >= 4 is 50.4 Å². The Hall–Kier alpha value is -0.690.